The highest BCUT2D eigenvalue weighted by Crippen LogP contribution is 2.34. The molecule has 1 saturated heterocycles. The van der Waals surface area contributed by atoms with Gasteiger partial charge in [0.15, 0.2) is 0 Å². The predicted octanol–water partition coefficient (Wildman–Crippen LogP) is 4.56. The zero-order valence-electron chi connectivity index (χ0n) is 15.5. The van der Waals surface area contributed by atoms with Crippen LogP contribution < -0.4 is 9.47 Å². The summed E-state index contributed by atoms with van der Waals surface area (Å²) in [4.78, 5) is 5.95. The average molecular weight is 350 g/mol. The molecule has 0 bridgehead atoms. The number of hydrogen-bond acceptors (Lipinski definition) is 3. The first-order chi connectivity index (χ1) is 12.8. The number of nitrogens with one attached hydrogen (secondary N) is 1. The predicted molar refractivity (Wildman–Crippen MR) is 105 cm³/mol. The Morgan fingerprint density at radius 1 is 1.12 bits per heavy atom. The summed E-state index contributed by atoms with van der Waals surface area (Å²) in [6.07, 6.45) is 3.37. The number of fused-ring (bicyclic) bond motifs is 1. The molecule has 2 aromatic carbocycles. The number of methoxy groups -OCH3 is 1. The summed E-state index contributed by atoms with van der Waals surface area (Å²) >= 11 is 0. The third-order valence-corrected chi connectivity index (χ3v) is 5.27. The van der Waals surface area contributed by atoms with Gasteiger partial charge in [-0.1, -0.05) is 12.1 Å². The van der Waals surface area contributed by atoms with Crippen LogP contribution in [0, 0.1) is 0 Å². The van der Waals surface area contributed by atoms with Crippen molar-refractivity contribution in [1.82, 2.24) is 9.88 Å². The van der Waals surface area contributed by atoms with E-state index in [0.717, 1.165) is 31.1 Å². The number of H-pyrrole nitrogens is 1. The average Bonchev–Trinajstić information content (AvgIpc) is 3.29. The zero-order chi connectivity index (χ0) is 17.9. The zero-order valence-corrected chi connectivity index (χ0v) is 15.5. The van der Waals surface area contributed by atoms with E-state index in [0.29, 0.717) is 12.5 Å². The van der Waals surface area contributed by atoms with Crippen molar-refractivity contribution in [3.63, 3.8) is 0 Å². The van der Waals surface area contributed by atoms with Crippen molar-refractivity contribution >= 4 is 10.9 Å². The van der Waals surface area contributed by atoms with Crippen molar-refractivity contribution in [2.24, 2.45) is 0 Å². The number of nitrogens with zero attached hydrogens (tertiary/aromatic N) is 1. The van der Waals surface area contributed by atoms with Crippen LogP contribution in [-0.2, 0) is 6.54 Å². The van der Waals surface area contributed by atoms with Crippen molar-refractivity contribution in [2.75, 3.05) is 26.8 Å². The molecule has 0 spiro atoms. The fourth-order valence-electron chi connectivity index (χ4n) is 3.93. The molecule has 0 aliphatic carbocycles. The topological polar surface area (TPSA) is 37.5 Å². The van der Waals surface area contributed by atoms with E-state index in [9.17, 15) is 0 Å². The molecule has 4 heteroatoms. The summed E-state index contributed by atoms with van der Waals surface area (Å²) in [5.74, 6) is 2.43. The lowest BCUT2D eigenvalue weighted by molar-refractivity contribution is 0.325. The normalized spacial score (nSPS) is 17.7. The van der Waals surface area contributed by atoms with Crippen molar-refractivity contribution in [1.29, 1.82) is 0 Å². The quantitative estimate of drug-likeness (QED) is 0.708. The van der Waals surface area contributed by atoms with Crippen molar-refractivity contribution < 1.29 is 9.47 Å². The largest absolute Gasteiger partial charge is 0.497 e. The number of hydrogen-bond donors (Lipinski definition) is 1. The molecular formula is C22H26N2O2. The lowest BCUT2D eigenvalue weighted by atomic mass is 9.98. The molecule has 4 rings (SSSR count). The van der Waals surface area contributed by atoms with Gasteiger partial charge in [0.1, 0.15) is 11.5 Å². The van der Waals surface area contributed by atoms with Gasteiger partial charge in [0.25, 0.3) is 0 Å². The minimum atomic E-state index is 0.568. The Morgan fingerprint density at radius 3 is 2.69 bits per heavy atom. The van der Waals surface area contributed by atoms with Crippen LogP contribution in [0.3, 0.4) is 0 Å². The van der Waals surface area contributed by atoms with Gasteiger partial charge < -0.3 is 14.5 Å². The van der Waals surface area contributed by atoms with E-state index in [1.54, 1.807) is 7.11 Å². The van der Waals surface area contributed by atoms with Crippen LogP contribution in [-0.4, -0.2) is 36.7 Å². The first kappa shape index (κ1) is 17.0. The Morgan fingerprint density at radius 2 is 1.92 bits per heavy atom. The lowest BCUT2D eigenvalue weighted by Gasteiger charge is -2.16. The molecular weight excluding hydrogens is 324 g/mol. The third-order valence-electron chi connectivity index (χ3n) is 5.27. The van der Waals surface area contributed by atoms with E-state index in [-0.39, 0.29) is 0 Å². The van der Waals surface area contributed by atoms with E-state index in [2.05, 4.69) is 52.5 Å². The van der Waals surface area contributed by atoms with Gasteiger partial charge >= 0.3 is 0 Å². The summed E-state index contributed by atoms with van der Waals surface area (Å²) in [5, 5.41) is 1.29. The molecule has 0 amide bonds. The highest BCUT2D eigenvalue weighted by molar-refractivity contribution is 5.85. The molecule has 1 aliphatic heterocycles. The molecule has 2 heterocycles. The summed E-state index contributed by atoms with van der Waals surface area (Å²) in [7, 11) is 1.72. The number of benzene rings is 2. The van der Waals surface area contributed by atoms with Crippen LogP contribution in [0.5, 0.6) is 11.5 Å². The Labute approximate surface area is 154 Å². The van der Waals surface area contributed by atoms with Gasteiger partial charge in [-0.3, -0.25) is 4.90 Å². The molecule has 1 aromatic heterocycles. The SMILES string of the molecule is CCOc1ccc(CN2CCC(c3c[nH]c4ccc(OC)cc34)C2)cc1. The maximum atomic E-state index is 5.53. The Hall–Kier alpha value is -2.46. The molecule has 0 saturated carbocycles. The van der Waals surface area contributed by atoms with Crippen LogP contribution in [0.2, 0.25) is 0 Å². The first-order valence-corrected chi connectivity index (χ1v) is 9.36. The summed E-state index contributed by atoms with van der Waals surface area (Å²) < 4.78 is 10.9. The van der Waals surface area contributed by atoms with E-state index in [1.807, 2.05) is 13.0 Å². The number of ether oxygens (including phenoxy) is 2. The molecule has 0 radical (unpaired) electrons. The van der Waals surface area contributed by atoms with Gasteiger partial charge in [-0.15, -0.1) is 0 Å². The summed E-state index contributed by atoms with van der Waals surface area (Å²) in [6.45, 7) is 5.95. The fraction of sp³-hybridized carbons (Fsp3) is 0.364. The van der Waals surface area contributed by atoms with Crippen LogP contribution in [0.25, 0.3) is 10.9 Å². The second kappa shape index (κ2) is 7.42. The second-order valence-corrected chi connectivity index (χ2v) is 6.95. The molecule has 3 aromatic rings. The molecule has 1 N–H and O–H groups in total. The van der Waals surface area contributed by atoms with Crippen molar-refractivity contribution in [3.05, 3.63) is 59.8 Å². The first-order valence-electron chi connectivity index (χ1n) is 9.36. The number of aromatic nitrogens is 1. The van der Waals surface area contributed by atoms with E-state index in [1.165, 1.54) is 28.5 Å². The molecule has 1 unspecified atom stereocenters. The molecule has 1 atom stereocenters. The Bertz CT molecular complexity index is 869. The Balaban J connectivity index is 1.45. The van der Waals surface area contributed by atoms with Gasteiger partial charge in [0, 0.05) is 30.2 Å². The third kappa shape index (κ3) is 3.42. The van der Waals surface area contributed by atoms with Gasteiger partial charge in [-0.25, -0.2) is 0 Å². The highest BCUT2D eigenvalue weighted by Gasteiger charge is 2.26. The number of aromatic amines is 1. The van der Waals surface area contributed by atoms with Crippen LogP contribution in [0.15, 0.2) is 48.7 Å². The summed E-state index contributed by atoms with van der Waals surface area (Å²) in [5.41, 5.74) is 3.94. The minimum absolute atomic E-state index is 0.568. The number of likely N-dealkylation sites (tertiary alicyclic amines) is 1. The fourth-order valence-corrected chi connectivity index (χ4v) is 3.93. The van der Waals surface area contributed by atoms with Gasteiger partial charge in [0.2, 0.25) is 0 Å². The van der Waals surface area contributed by atoms with Gasteiger partial charge in [-0.2, -0.15) is 0 Å². The summed E-state index contributed by atoms with van der Waals surface area (Å²) in [6, 6.07) is 14.7. The highest BCUT2D eigenvalue weighted by atomic mass is 16.5. The van der Waals surface area contributed by atoms with Crippen LogP contribution >= 0.6 is 0 Å². The van der Waals surface area contributed by atoms with E-state index < -0.39 is 0 Å². The Kier molecular flexibility index (Phi) is 4.85. The molecule has 1 aliphatic rings. The molecule has 26 heavy (non-hydrogen) atoms. The lowest BCUT2D eigenvalue weighted by Crippen LogP contribution is -2.19. The maximum Gasteiger partial charge on any atom is 0.119 e. The smallest absolute Gasteiger partial charge is 0.119 e. The standard InChI is InChI=1S/C22H26N2O2/c1-3-26-18-6-4-16(5-7-18)14-24-11-10-17(15-24)21-13-23-22-9-8-19(25-2)12-20(21)22/h4-9,12-13,17,23H,3,10-11,14-15H2,1-2H3. The van der Waals surface area contributed by atoms with Crippen molar-refractivity contribution in [2.45, 2.75) is 25.8 Å². The second-order valence-electron chi connectivity index (χ2n) is 6.95. The molecule has 4 nitrogen and oxygen atoms in total. The van der Waals surface area contributed by atoms with Gasteiger partial charge in [0.05, 0.1) is 13.7 Å². The minimum Gasteiger partial charge on any atom is -0.497 e. The molecule has 136 valence electrons. The maximum absolute atomic E-state index is 5.53. The molecule has 1 fully saturated rings. The van der Waals surface area contributed by atoms with E-state index in [4.69, 9.17) is 9.47 Å². The number of rotatable bonds is 6. The van der Waals surface area contributed by atoms with Crippen LogP contribution in [0.4, 0.5) is 0 Å². The monoisotopic (exact) mass is 350 g/mol. The van der Waals surface area contributed by atoms with Gasteiger partial charge in [-0.05, 0) is 67.3 Å². The van der Waals surface area contributed by atoms with Crippen LogP contribution in [0.1, 0.15) is 30.4 Å². The van der Waals surface area contributed by atoms with Crippen molar-refractivity contribution in [3.8, 4) is 11.5 Å². The van der Waals surface area contributed by atoms with E-state index >= 15 is 0 Å².